The zero-order chi connectivity index (χ0) is 21.4. The standard InChI is InChI=1S/C23H29N3O3/c1-17(2)26(16-20-8-6-5-7-9-20)23(29)14-15-25(19(4)28)22-12-10-21(11-13-22)24-18(3)27/h5-13,17H,14-16H2,1-4H3,(H,24,27). The van der Waals surface area contributed by atoms with Crippen LogP contribution in [-0.2, 0) is 20.9 Å². The summed E-state index contributed by atoms with van der Waals surface area (Å²) >= 11 is 0. The van der Waals surface area contributed by atoms with Crippen LogP contribution in [0.3, 0.4) is 0 Å². The molecule has 0 unspecified atom stereocenters. The van der Waals surface area contributed by atoms with Crippen molar-refractivity contribution in [2.24, 2.45) is 0 Å². The Morgan fingerprint density at radius 2 is 1.55 bits per heavy atom. The van der Waals surface area contributed by atoms with E-state index < -0.39 is 0 Å². The number of nitrogens with one attached hydrogen (secondary N) is 1. The maximum atomic E-state index is 12.9. The van der Waals surface area contributed by atoms with Gasteiger partial charge in [-0.2, -0.15) is 0 Å². The number of benzene rings is 2. The van der Waals surface area contributed by atoms with Gasteiger partial charge in [-0.15, -0.1) is 0 Å². The summed E-state index contributed by atoms with van der Waals surface area (Å²) in [6.45, 7) is 7.75. The van der Waals surface area contributed by atoms with Gasteiger partial charge in [-0.25, -0.2) is 0 Å². The van der Waals surface area contributed by atoms with E-state index in [1.165, 1.54) is 13.8 Å². The molecule has 0 heterocycles. The Hall–Kier alpha value is -3.15. The van der Waals surface area contributed by atoms with Crippen molar-refractivity contribution in [2.45, 2.75) is 46.7 Å². The van der Waals surface area contributed by atoms with Gasteiger partial charge >= 0.3 is 0 Å². The Bertz CT molecular complexity index is 832. The normalized spacial score (nSPS) is 10.5. The molecule has 0 radical (unpaired) electrons. The van der Waals surface area contributed by atoms with Gasteiger partial charge in [0.15, 0.2) is 0 Å². The quantitative estimate of drug-likeness (QED) is 0.739. The topological polar surface area (TPSA) is 69.7 Å². The predicted molar refractivity (Wildman–Crippen MR) is 116 cm³/mol. The predicted octanol–water partition coefficient (Wildman–Crippen LogP) is 3.83. The third-order valence-electron chi connectivity index (χ3n) is 4.57. The van der Waals surface area contributed by atoms with Crippen LogP contribution in [0.2, 0.25) is 0 Å². The lowest BCUT2D eigenvalue weighted by Gasteiger charge is -2.28. The molecule has 0 saturated heterocycles. The SMILES string of the molecule is CC(=O)Nc1ccc(N(CCC(=O)N(Cc2ccccc2)C(C)C)C(C)=O)cc1. The molecule has 3 amide bonds. The Morgan fingerprint density at radius 3 is 2.07 bits per heavy atom. The fourth-order valence-electron chi connectivity index (χ4n) is 3.09. The summed E-state index contributed by atoms with van der Waals surface area (Å²) < 4.78 is 0. The lowest BCUT2D eigenvalue weighted by atomic mass is 10.1. The summed E-state index contributed by atoms with van der Waals surface area (Å²) in [5.74, 6) is -0.284. The van der Waals surface area contributed by atoms with Crippen molar-refractivity contribution in [3.8, 4) is 0 Å². The number of rotatable bonds is 8. The van der Waals surface area contributed by atoms with Gasteiger partial charge in [0, 0.05) is 50.8 Å². The molecule has 6 nitrogen and oxygen atoms in total. The molecule has 0 atom stereocenters. The minimum Gasteiger partial charge on any atom is -0.336 e. The minimum atomic E-state index is -0.154. The van der Waals surface area contributed by atoms with Crippen LogP contribution in [0.5, 0.6) is 0 Å². The average Bonchev–Trinajstić information content (AvgIpc) is 2.67. The summed E-state index contributed by atoms with van der Waals surface area (Å²) in [4.78, 5) is 39.6. The first-order chi connectivity index (χ1) is 13.8. The van der Waals surface area contributed by atoms with Gasteiger partial charge in [0.2, 0.25) is 17.7 Å². The highest BCUT2D eigenvalue weighted by atomic mass is 16.2. The van der Waals surface area contributed by atoms with Crippen LogP contribution in [0, 0.1) is 0 Å². The molecule has 0 aromatic heterocycles. The maximum absolute atomic E-state index is 12.9. The summed E-state index contributed by atoms with van der Waals surface area (Å²) in [7, 11) is 0. The minimum absolute atomic E-state index is 0.00460. The van der Waals surface area contributed by atoms with Gasteiger partial charge in [0.05, 0.1) is 0 Å². The summed E-state index contributed by atoms with van der Waals surface area (Å²) in [6, 6.07) is 16.9. The van der Waals surface area contributed by atoms with Crippen molar-refractivity contribution >= 4 is 29.1 Å². The van der Waals surface area contributed by atoms with E-state index in [1.54, 1.807) is 29.2 Å². The molecule has 0 aliphatic heterocycles. The van der Waals surface area contributed by atoms with E-state index in [1.807, 2.05) is 49.1 Å². The van der Waals surface area contributed by atoms with Crippen LogP contribution in [0.1, 0.15) is 39.7 Å². The Labute approximate surface area is 172 Å². The van der Waals surface area contributed by atoms with Crippen LogP contribution in [-0.4, -0.2) is 35.2 Å². The number of hydrogen-bond acceptors (Lipinski definition) is 3. The van der Waals surface area contributed by atoms with Crippen LogP contribution in [0.4, 0.5) is 11.4 Å². The number of carbonyl (C=O) groups excluding carboxylic acids is 3. The van der Waals surface area contributed by atoms with Gasteiger partial charge in [-0.05, 0) is 43.7 Å². The Morgan fingerprint density at radius 1 is 0.931 bits per heavy atom. The molecule has 0 aliphatic rings. The molecule has 2 aromatic carbocycles. The number of nitrogens with zero attached hydrogens (tertiary/aromatic N) is 2. The number of anilines is 2. The molecule has 2 aromatic rings. The second-order valence-corrected chi connectivity index (χ2v) is 7.25. The summed E-state index contributed by atoms with van der Waals surface area (Å²) in [6.07, 6.45) is 0.234. The molecule has 0 aliphatic carbocycles. The second kappa shape index (κ2) is 10.4. The third kappa shape index (κ3) is 6.75. The smallest absolute Gasteiger partial charge is 0.224 e. The van der Waals surface area contributed by atoms with E-state index in [2.05, 4.69) is 5.32 Å². The van der Waals surface area contributed by atoms with Gasteiger partial charge in [0.25, 0.3) is 0 Å². The van der Waals surface area contributed by atoms with Crippen molar-refractivity contribution in [2.75, 3.05) is 16.8 Å². The molecule has 0 spiro atoms. The second-order valence-electron chi connectivity index (χ2n) is 7.25. The first-order valence-electron chi connectivity index (χ1n) is 9.77. The van der Waals surface area contributed by atoms with Gasteiger partial charge in [-0.3, -0.25) is 14.4 Å². The van der Waals surface area contributed by atoms with E-state index in [0.29, 0.717) is 24.5 Å². The molecule has 0 bridgehead atoms. The van der Waals surface area contributed by atoms with Gasteiger partial charge < -0.3 is 15.1 Å². The van der Waals surface area contributed by atoms with Crippen LogP contribution < -0.4 is 10.2 Å². The lowest BCUT2D eigenvalue weighted by Crippen LogP contribution is -2.39. The number of carbonyl (C=O) groups is 3. The average molecular weight is 396 g/mol. The summed E-state index contributed by atoms with van der Waals surface area (Å²) in [5, 5.41) is 2.70. The largest absolute Gasteiger partial charge is 0.336 e. The van der Waals surface area contributed by atoms with Crippen LogP contribution >= 0.6 is 0 Å². The van der Waals surface area contributed by atoms with Gasteiger partial charge in [0.1, 0.15) is 0 Å². The Kier molecular flexibility index (Phi) is 7.95. The van der Waals surface area contributed by atoms with Gasteiger partial charge in [-0.1, -0.05) is 30.3 Å². The van der Waals surface area contributed by atoms with E-state index in [-0.39, 0.29) is 30.2 Å². The zero-order valence-corrected chi connectivity index (χ0v) is 17.5. The molecular formula is C23H29N3O3. The van der Waals surface area contributed by atoms with Crippen LogP contribution in [0.15, 0.2) is 54.6 Å². The highest BCUT2D eigenvalue weighted by Gasteiger charge is 2.20. The van der Waals surface area contributed by atoms with Crippen molar-refractivity contribution in [3.63, 3.8) is 0 Å². The fraction of sp³-hybridized carbons (Fsp3) is 0.348. The molecule has 0 fully saturated rings. The van der Waals surface area contributed by atoms with E-state index >= 15 is 0 Å². The monoisotopic (exact) mass is 395 g/mol. The lowest BCUT2D eigenvalue weighted by molar-refractivity contribution is -0.133. The van der Waals surface area contributed by atoms with Crippen LogP contribution in [0.25, 0.3) is 0 Å². The third-order valence-corrected chi connectivity index (χ3v) is 4.57. The molecule has 6 heteroatoms. The molecule has 2 rings (SSSR count). The van der Waals surface area contributed by atoms with Crippen molar-refractivity contribution in [1.29, 1.82) is 0 Å². The number of amides is 3. The Balaban J connectivity index is 2.05. The van der Waals surface area contributed by atoms with E-state index in [9.17, 15) is 14.4 Å². The van der Waals surface area contributed by atoms with Crippen molar-refractivity contribution in [3.05, 3.63) is 60.2 Å². The molecule has 29 heavy (non-hydrogen) atoms. The molecular weight excluding hydrogens is 366 g/mol. The summed E-state index contributed by atoms with van der Waals surface area (Å²) in [5.41, 5.74) is 2.43. The highest BCUT2D eigenvalue weighted by molar-refractivity contribution is 5.93. The zero-order valence-electron chi connectivity index (χ0n) is 17.5. The maximum Gasteiger partial charge on any atom is 0.224 e. The number of hydrogen-bond donors (Lipinski definition) is 1. The molecule has 154 valence electrons. The fourth-order valence-corrected chi connectivity index (χ4v) is 3.09. The first-order valence-corrected chi connectivity index (χ1v) is 9.77. The highest BCUT2D eigenvalue weighted by Crippen LogP contribution is 2.19. The van der Waals surface area contributed by atoms with E-state index in [0.717, 1.165) is 5.56 Å². The molecule has 1 N–H and O–H groups in total. The first kappa shape index (κ1) is 22.1. The van der Waals surface area contributed by atoms with Crippen molar-refractivity contribution in [1.82, 2.24) is 4.90 Å². The molecule has 0 saturated carbocycles. The van der Waals surface area contributed by atoms with Crippen molar-refractivity contribution < 1.29 is 14.4 Å². The van der Waals surface area contributed by atoms with E-state index in [4.69, 9.17) is 0 Å².